The third-order valence-corrected chi connectivity index (χ3v) is 6.92. The molecule has 3 aromatic carbocycles. The zero-order valence-electron chi connectivity index (χ0n) is 23.0. The molecular formula is C33H35F3N2O2. The summed E-state index contributed by atoms with van der Waals surface area (Å²) in [4.78, 5) is 16.8. The molecule has 1 saturated heterocycles. The molecule has 0 N–H and O–H groups in total. The van der Waals surface area contributed by atoms with E-state index >= 15 is 0 Å². The number of piperidine rings is 1. The fraction of sp³-hybridized carbons (Fsp3) is 0.364. The number of likely N-dealkylation sites (tertiary alicyclic amines) is 1. The fourth-order valence-electron chi connectivity index (χ4n) is 4.69. The Balaban J connectivity index is 1.24. The van der Waals surface area contributed by atoms with Gasteiger partial charge in [-0.25, -0.2) is 0 Å². The van der Waals surface area contributed by atoms with Crippen molar-refractivity contribution in [1.82, 2.24) is 9.80 Å². The minimum Gasteiger partial charge on any atom is -0.490 e. The van der Waals surface area contributed by atoms with Crippen molar-refractivity contribution >= 4 is 5.78 Å². The molecule has 0 radical (unpaired) electrons. The van der Waals surface area contributed by atoms with Gasteiger partial charge in [-0.3, -0.25) is 9.69 Å². The maximum absolute atomic E-state index is 12.8. The third kappa shape index (κ3) is 8.97. The number of nitrogens with zero attached hydrogens (tertiary/aromatic N) is 2. The molecule has 0 spiro atoms. The summed E-state index contributed by atoms with van der Waals surface area (Å²) < 4.78 is 44.5. The SMILES string of the molecule is CN(C)CCCC(=O)c1ccc(OC2CCN(Cc3cccc(C#Cc4ccc(C(F)(F)F)cc4)c3)CC2)cc1. The molecule has 4 rings (SSSR count). The van der Waals surface area contributed by atoms with Crippen LogP contribution in [0.3, 0.4) is 0 Å². The topological polar surface area (TPSA) is 32.8 Å². The van der Waals surface area contributed by atoms with E-state index in [4.69, 9.17) is 4.74 Å². The molecule has 4 nitrogen and oxygen atoms in total. The number of hydrogen-bond acceptors (Lipinski definition) is 4. The Hall–Kier alpha value is -3.60. The van der Waals surface area contributed by atoms with Crippen LogP contribution in [0.1, 0.15) is 58.3 Å². The molecule has 0 amide bonds. The van der Waals surface area contributed by atoms with E-state index in [1.54, 1.807) is 0 Å². The second-order valence-corrected chi connectivity index (χ2v) is 10.5. The molecular weight excluding hydrogens is 513 g/mol. The highest BCUT2D eigenvalue weighted by molar-refractivity contribution is 5.96. The van der Waals surface area contributed by atoms with Gasteiger partial charge in [-0.1, -0.05) is 24.0 Å². The van der Waals surface area contributed by atoms with E-state index in [-0.39, 0.29) is 11.9 Å². The summed E-state index contributed by atoms with van der Waals surface area (Å²) in [6.45, 7) is 3.52. The first-order valence-corrected chi connectivity index (χ1v) is 13.6. The van der Waals surface area contributed by atoms with Crippen molar-refractivity contribution in [3.8, 4) is 17.6 Å². The third-order valence-electron chi connectivity index (χ3n) is 6.92. The van der Waals surface area contributed by atoms with Gasteiger partial charge in [-0.05, 0) is 106 Å². The molecule has 1 fully saturated rings. The standard InChI is InChI=1S/C33H35F3N2O2/c1-37(2)20-4-7-32(39)28-12-16-30(17-13-28)40-31-18-21-38(22-19-31)24-27-6-3-5-26(23-27)9-8-25-10-14-29(15-11-25)33(34,35)36/h3,5-6,10-17,23,31H,4,7,18-22,24H2,1-2H3. The van der Waals surface area contributed by atoms with Crippen LogP contribution in [0.5, 0.6) is 5.75 Å². The molecule has 0 aromatic heterocycles. The summed E-state index contributed by atoms with van der Waals surface area (Å²) >= 11 is 0. The van der Waals surface area contributed by atoms with Gasteiger partial charge in [0, 0.05) is 42.7 Å². The summed E-state index contributed by atoms with van der Waals surface area (Å²) in [5.41, 5.74) is 2.57. The van der Waals surface area contributed by atoms with Crippen LogP contribution in [0.15, 0.2) is 72.8 Å². The largest absolute Gasteiger partial charge is 0.490 e. The molecule has 3 aromatic rings. The van der Waals surface area contributed by atoms with E-state index in [0.29, 0.717) is 12.0 Å². The van der Waals surface area contributed by atoms with Gasteiger partial charge in [0.1, 0.15) is 11.9 Å². The first-order chi connectivity index (χ1) is 19.2. The first-order valence-electron chi connectivity index (χ1n) is 13.6. The summed E-state index contributed by atoms with van der Waals surface area (Å²) in [5.74, 6) is 6.97. The molecule has 210 valence electrons. The fourth-order valence-corrected chi connectivity index (χ4v) is 4.69. The number of ketones is 1. The van der Waals surface area contributed by atoms with Gasteiger partial charge in [0.2, 0.25) is 0 Å². The van der Waals surface area contributed by atoms with Gasteiger partial charge in [0.15, 0.2) is 5.78 Å². The normalized spacial score (nSPS) is 14.6. The zero-order chi connectivity index (χ0) is 28.5. The van der Waals surface area contributed by atoms with Gasteiger partial charge in [0.25, 0.3) is 0 Å². The number of hydrogen-bond donors (Lipinski definition) is 0. The minimum absolute atomic E-state index is 0.138. The molecule has 0 saturated carbocycles. The first kappa shape index (κ1) is 29.4. The molecule has 0 atom stereocenters. The van der Waals surface area contributed by atoms with Gasteiger partial charge in [-0.2, -0.15) is 13.2 Å². The Morgan fingerprint density at radius 2 is 1.62 bits per heavy atom. The van der Waals surface area contributed by atoms with Crippen LogP contribution in [0, 0.1) is 11.8 Å². The van der Waals surface area contributed by atoms with Crippen molar-refractivity contribution in [3.63, 3.8) is 0 Å². The number of carbonyl (C=O) groups is 1. The molecule has 1 heterocycles. The molecule has 7 heteroatoms. The van der Waals surface area contributed by atoms with Crippen molar-refractivity contribution in [2.24, 2.45) is 0 Å². The van der Waals surface area contributed by atoms with Crippen molar-refractivity contribution in [1.29, 1.82) is 0 Å². The predicted molar refractivity (Wildman–Crippen MR) is 151 cm³/mol. The molecule has 1 aliphatic rings. The van der Waals surface area contributed by atoms with Crippen molar-refractivity contribution in [3.05, 3.63) is 101 Å². The average Bonchev–Trinajstić information content (AvgIpc) is 2.93. The predicted octanol–water partition coefficient (Wildman–Crippen LogP) is 6.67. The molecule has 0 unspecified atom stereocenters. The Morgan fingerprint density at radius 1 is 0.950 bits per heavy atom. The quantitative estimate of drug-likeness (QED) is 0.221. The van der Waals surface area contributed by atoms with Crippen LogP contribution in [0.25, 0.3) is 0 Å². The number of ether oxygens (including phenoxy) is 1. The van der Waals surface area contributed by atoms with E-state index < -0.39 is 11.7 Å². The lowest BCUT2D eigenvalue weighted by Gasteiger charge is -2.32. The maximum atomic E-state index is 12.8. The smallest absolute Gasteiger partial charge is 0.416 e. The van der Waals surface area contributed by atoms with Crippen molar-refractivity contribution in [2.75, 3.05) is 33.7 Å². The van der Waals surface area contributed by atoms with Crippen molar-refractivity contribution < 1.29 is 22.7 Å². The van der Waals surface area contributed by atoms with E-state index in [1.165, 1.54) is 12.1 Å². The van der Waals surface area contributed by atoms with Crippen LogP contribution >= 0.6 is 0 Å². The van der Waals surface area contributed by atoms with Crippen LogP contribution in [0.2, 0.25) is 0 Å². The van der Waals surface area contributed by atoms with Crippen LogP contribution < -0.4 is 4.74 Å². The van der Waals surface area contributed by atoms with Gasteiger partial charge >= 0.3 is 6.18 Å². The van der Waals surface area contributed by atoms with Crippen LogP contribution in [-0.2, 0) is 12.7 Å². The summed E-state index contributed by atoms with van der Waals surface area (Å²) in [7, 11) is 4.01. The number of carbonyl (C=O) groups excluding carboxylic acids is 1. The Kier molecular flexibility index (Phi) is 10.0. The zero-order valence-corrected chi connectivity index (χ0v) is 23.0. The number of halogens is 3. The lowest BCUT2D eigenvalue weighted by atomic mass is 10.0. The maximum Gasteiger partial charge on any atom is 0.416 e. The average molecular weight is 549 g/mol. The summed E-state index contributed by atoms with van der Waals surface area (Å²) in [6.07, 6.45) is -0.982. The molecule has 40 heavy (non-hydrogen) atoms. The number of rotatable bonds is 9. The monoisotopic (exact) mass is 548 g/mol. The van der Waals surface area contributed by atoms with E-state index in [2.05, 4.69) is 27.7 Å². The van der Waals surface area contributed by atoms with Gasteiger partial charge < -0.3 is 9.64 Å². The van der Waals surface area contributed by atoms with Gasteiger partial charge in [-0.15, -0.1) is 0 Å². The lowest BCUT2D eigenvalue weighted by Crippen LogP contribution is -2.37. The van der Waals surface area contributed by atoms with Gasteiger partial charge in [0.05, 0.1) is 5.56 Å². The Morgan fingerprint density at radius 3 is 2.27 bits per heavy atom. The number of Topliss-reactive ketones (excluding diaryl/α,β-unsaturated/α-hetero) is 1. The van der Waals surface area contributed by atoms with Crippen LogP contribution in [0.4, 0.5) is 13.2 Å². The highest BCUT2D eigenvalue weighted by Gasteiger charge is 2.29. The second-order valence-electron chi connectivity index (χ2n) is 10.5. The summed E-state index contributed by atoms with van der Waals surface area (Å²) in [6, 6.07) is 20.4. The highest BCUT2D eigenvalue weighted by Crippen LogP contribution is 2.29. The molecule has 1 aliphatic heterocycles. The van der Waals surface area contributed by atoms with E-state index in [0.717, 1.165) is 80.0 Å². The van der Waals surface area contributed by atoms with E-state index in [1.807, 2.05) is 56.6 Å². The van der Waals surface area contributed by atoms with E-state index in [9.17, 15) is 18.0 Å². The van der Waals surface area contributed by atoms with Crippen molar-refractivity contribution in [2.45, 2.75) is 44.5 Å². The minimum atomic E-state index is -4.35. The lowest BCUT2D eigenvalue weighted by molar-refractivity contribution is -0.137. The second kappa shape index (κ2) is 13.6. The molecule has 0 bridgehead atoms. The Labute approximate surface area is 234 Å². The number of alkyl halides is 3. The Bertz CT molecular complexity index is 1310. The molecule has 0 aliphatic carbocycles. The highest BCUT2D eigenvalue weighted by atomic mass is 19.4. The summed E-state index contributed by atoms with van der Waals surface area (Å²) in [5, 5.41) is 0. The number of benzene rings is 3. The van der Waals surface area contributed by atoms with Crippen LogP contribution in [-0.4, -0.2) is 55.4 Å².